The first-order valence-corrected chi connectivity index (χ1v) is 11.5. The van der Waals surface area contributed by atoms with Crippen molar-refractivity contribution in [1.82, 2.24) is 4.90 Å². The second-order valence-electron chi connectivity index (χ2n) is 8.05. The van der Waals surface area contributed by atoms with Crippen LogP contribution in [0.3, 0.4) is 0 Å². The highest BCUT2D eigenvalue weighted by Crippen LogP contribution is 2.37. The van der Waals surface area contributed by atoms with E-state index < -0.39 is 0 Å². The molecular weight excluding hydrogens is 399 g/mol. The summed E-state index contributed by atoms with van der Waals surface area (Å²) in [7, 11) is 0. The fourth-order valence-corrected chi connectivity index (χ4v) is 5.59. The van der Waals surface area contributed by atoms with Gasteiger partial charge in [0.25, 0.3) is 0 Å². The molecule has 1 aliphatic carbocycles. The molecule has 1 N–H and O–H groups in total. The van der Waals surface area contributed by atoms with Crippen molar-refractivity contribution in [3.8, 4) is 6.07 Å². The van der Waals surface area contributed by atoms with E-state index in [-0.39, 0.29) is 17.8 Å². The summed E-state index contributed by atoms with van der Waals surface area (Å²) in [5.41, 5.74) is 2.82. The molecule has 1 aliphatic heterocycles. The molecule has 5 nitrogen and oxygen atoms in total. The molecule has 0 spiro atoms. The molecule has 4 rings (SSSR count). The molecule has 0 bridgehead atoms. The standard InChI is InChI=1S/C23H27FN4OS/c1-16(27-11-13-28(14-12-27)18-9-7-17(24)8-10-18)22(29)26-23-20(15-25)19-5-3-2-4-6-21(19)30-23/h7-10,16H,2-6,11-14H2,1H3,(H,26,29)/t16-/m0/s1. The Hall–Kier alpha value is -2.43. The predicted octanol–water partition coefficient (Wildman–Crippen LogP) is 4.18. The molecule has 2 heterocycles. The monoisotopic (exact) mass is 426 g/mol. The fraction of sp³-hybridized carbons (Fsp3) is 0.478. The fourth-order valence-electron chi connectivity index (χ4n) is 4.35. The van der Waals surface area contributed by atoms with Crippen LogP contribution in [0.5, 0.6) is 0 Å². The van der Waals surface area contributed by atoms with Gasteiger partial charge in [0.1, 0.15) is 16.9 Å². The third kappa shape index (κ3) is 4.35. The van der Waals surface area contributed by atoms with Crippen LogP contribution in [0, 0.1) is 17.1 Å². The quantitative estimate of drug-likeness (QED) is 0.746. The summed E-state index contributed by atoms with van der Waals surface area (Å²) in [6, 6.07) is 8.61. The minimum atomic E-state index is -0.270. The largest absolute Gasteiger partial charge is 0.369 e. The molecule has 7 heteroatoms. The lowest BCUT2D eigenvalue weighted by molar-refractivity contribution is -0.120. The zero-order valence-electron chi connectivity index (χ0n) is 17.3. The Morgan fingerprint density at radius 3 is 2.53 bits per heavy atom. The minimum absolute atomic E-state index is 0.0573. The third-order valence-electron chi connectivity index (χ3n) is 6.20. The number of amides is 1. The van der Waals surface area contributed by atoms with Crippen molar-refractivity contribution in [3.63, 3.8) is 0 Å². The van der Waals surface area contributed by atoms with Gasteiger partial charge in [0, 0.05) is 36.7 Å². The van der Waals surface area contributed by atoms with Gasteiger partial charge < -0.3 is 10.2 Å². The number of thiophene rings is 1. The lowest BCUT2D eigenvalue weighted by Gasteiger charge is -2.38. The number of rotatable bonds is 4. The average Bonchev–Trinajstić information content (AvgIpc) is 2.92. The topological polar surface area (TPSA) is 59.4 Å². The molecule has 1 fully saturated rings. The highest BCUT2D eigenvalue weighted by atomic mass is 32.1. The summed E-state index contributed by atoms with van der Waals surface area (Å²) in [5.74, 6) is -0.288. The van der Waals surface area contributed by atoms with Gasteiger partial charge in [-0.05, 0) is 62.4 Å². The smallest absolute Gasteiger partial charge is 0.242 e. The number of nitriles is 1. The summed E-state index contributed by atoms with van der Waals surface area (Å²) in [4.78, 5) is 18.6. The number of hydrogen-bond acceptors (Lipinski definition) is 5. The van der Waals surface area contributed by atoms with Gasteiger partial charge in [-0.2, -0.15) is 5.26 Å². The Bertz CT molecular complexity index is 941. The summed E-state index contributed by atoms with van der Waals surface area (Å²) >= 11 is 1.58. The molecule has 0 unspecified atom stereocenters. The predicted molar refractivity (Wildman–Crippen MR) is 119 cm³/mol. The Morgan fingerprint density at radius 1 is 1.13 bits per heavy atom. The molecule has 1 aromatic heterocycles. The van der Waals surface area contributed by atoms with Crippen LogP contribution < -0.4 is 10.2 Å². The van der Waals surface area contributed by atoms with Crippen molar-refractivity contribution in [2.24, 2.45) is 0 Å². The highest BCUT2D eigenvalue weighted by Gasteiger charge is 2.28. The molecule has 1 aromatic carbocycles. The maximum absolute atomic E-state index is 13.1. The second-order valence-corrected chi connectivity index (χ2v) is 9.15. The van der Waals surface area contributed by atoms with Gasteiger partial charge in [-0.25, -0.2) is 4.39 Å². The molecule has 158 valence electrons. The number of halogens is 1. The van der Waals surface area contributed by atoms with Crippen LogP contribution in [0.15, 0.2) is 24.3 Å². The van der Waals surface area contributed by atoms with E-state index in [2.05, 4.69) is 21.2 Å². The number of nitrogens with one attached hydrogen (secondary N) is 1. The number of carbonyl (C=O) groups is 1. The molecule has 0 radical (unpaired) electrons. The van der Waals surface area contributed by atoms with E-state index in [0.29, 0.717) is 10.6 Å². The summed E-state index contributed by atoms with van der Waals surface area (Å²) in [6.07, 6.45) is 5.41. The number of nitrogens with zero attached hydrogens (tertiary/aromatic N) is 3. The van der Waals surface area contributed by atoms with Gasteiger partial charge in [0.05, 0.1) is 11.6 Å². The van der Waals surface area contributed by atoms with Crippen molar-refractivity contribution in [1.29, 1.82) is 5.26 Å². The zero-order valence-corrected chi connectivity index (χ0v) is 18.1. The summed E-state index contributed by atoms with van der Waals surface area (Å²) < 4.78 is 13.1. The SMILES string of the molecule is C[C@@H](C(=O)Nc1sc2c(c1C#N)CCCCC2)N1CCN(c2ccc(F)cc2)CC1. The van der Waals surface area contributed by atoms with Gasteiger partial charge in [-0.15, -0.1) is 11.3 Å². The van der Waals surface area contributed by atoms with E-state index in [4.69, 9.17) is 0 Å². The van der Waals surface area contributed by atoms with Crippen LogP contribution in [0.1, 0.15) is 42.2 Å². The van der Waals surface area contributed by atoms with Crippen molar-refractivity contribution in [2.75, 3.05) is 36.4 Å². The molecule has 0 saturated carbocycles. The first kappa shape index (κ1) is 20.8. The summed E-state index contributed by atoms with van der Waals surface area (Å²) in [5, 5.41) is 13.4. The van der Waals surface area contributed by atoms with Crippen molar-refractivity contribution < 1.29 is 9.18 Å². The van der Waals surface area contributed by atoms with Crippen molar-refractivity contribution in [2.45, 2.75) is 45.1 Å². The van der Waals surface area contributed by atoms with E-state index in [1.54, 1.807) is 23.5 Å². The number of benzene rings is 1. The third-order valence-corrected chi connectivity index (χ3v) is 7.41. The molecule has 1 atom stereocenters. The number of carbonyl (C=O) groups excluding carboxylic acids is 1. The van der Waals surface area contributed by atoms with E-state index in [0.717, 1.165) is 63.1 Å². The van der Waals surface area contributed by atoms with Crippen LogP contribution in [0.2, 0.25) is 0 Å². The number of aryl methyl sites for hydroxylation is 1. The minimum Gasteiger partial charge on any atom is -0.369 e. The Balaban J connectivity index is 1.38. The van der Waals surface area contributed by atoms with Crippen LogP contribution in [-0.4, -0.2) is 43.0 Å². The molecule has 30 heavy (non-hydrogen) atoms. The number of anilines is 2. The van der Waals surface area contributed by atoms with Crippen LogP contribution in [0.4, 0.5) is 15.1 Å². The highest BCUT2D eigenvalue weighted by molar-refractivity contribution is 7.16. The van der Waals surface area contributed by atoms with Crippen LogP contribution in [-0.2, 0) is 17.6 Å². The second kappa shape index (κ2) is 9.15. The van der Waals surface area contributed by atoms with E-state index in [1.807, 2.05) is 6.92 Å². The number of piperazine rings is 1. The van der Waals surface area contributed by atoms with Gasteiger partial charge in [-0.1, -0.05) is 6.42 Å². The van der Waals surface area contributed by atoms with E-state index >= 15 is 0 Å². The molecule has 1 saturated heterocycles. The van der Waals surface area contributed by atoms with Gasteiger partial charge in [0.15, 0.2) is 0 Å². The van der Waals surface area contributed by atoms with Gasteiger partial charge >= 0.3 is 0 Å². The maximum Gasteiger partial charge on any atom is 0.242 e. The van der Waals surface area contributed by atoms with Crippen molar-refractivity contribution in [3.05, 3.63) is 46.1 Å². The number of fused-ring (bicyclic) bond motifs is 1. The average molecular weight is 427 g/mol. The van der Waals surface area contributed by atoms with Crippen LogP contribution in [0.25, 0.3) is 0 Å². The normalized spacial score (nSPS) is 18.2. The molecular formula is C23H27FN4OS. The Kier molecular flexibility index (Phi) is 6.35. The van der Waals surface area contributed by atoms with Crippen molar-refractivity contribution >= 4 is 27.9 Å². The van der Waals surface area contributed by atoms with E-state index in [9.17, 15) is 14.4 Å². The van der Waals surface area contributed by atoms with Crippen LogP contribution >= 0.6 is 11.3 Å². The lowest BCUT2D eigenvalue weighted by Crippen LogP contribution is -2.52. The lowest BCUT2D eigenvalue weighted by atomic mass is 10.1. The summed E-state index contributed by atoms with van der Waals surface area (Å²) in [6.45, 7) is 5.03. The first-order valence-electron chi connectivity index (χ1n) is 10.7. The van der Waals surface area contributed by atoms with Gasteiger partial charge in [-0.3, -0.25) is 9.69 Å². The van der Waals surface area contributed by atoms with E-state index in [1.165, 1.54) is 23.4 Å². The number of hydrogen-bond donors (Lipinski definition) is 1. The molecule has 2 aromatic rings. The Morgan fingerprint density at radius 2 is 1.83 bits per heavy atom. The molecule has 2 aliphatic rings. The van der Waals surface area contributed by atoms with Gasteiger partial charge in [0.2, 0.25) is 5.91 Å². The zero-order chi connectivity index (χ0) is 21.1. The molecule has 1 amide bonds. The first-order chi connectivity index (χ1) is 14.6. The Labute approximate surface area is 181 Å². The maximum atomic E-state index is 13.1.